The second kappa shape index (κ2) is 5.31. The van der Waals surface area contributed by atoms with Gasteiger partial charge in [0.15, 0.2) is 5.75 Å². The molecule has 0 saturated heterocycles. The van der Waals surface area contributed by atoms with Crippen LogP contribution < -0.4 is 10.4 Å². The first kappa shape index (κ1) is 13.8. The van der Waals surface area contributed by atoms with Gasteiger partial charge in [-0.15, -0.1) is 0 Å². The minimum absolute atomic E-state index is 0.0199. The van der Waals surface area contributed by atoms with Crippen LogP contribution >= 0.6 is 23.2 Å². The zero-order chi connectivity index (χ0) is 15.0. The predicted octanol–water partition coefficient (Wildman–Crippen LogP) is 4.60. The summed E-state index contributed by atoms with van der Waals surface area (Å²) < 4.78 is 10.7. The fourth-order valence-electron chi connectivity index (χ4n) is 1.90. The number of hydrogen-bond donors (Lipinski definition) is 1. The molecule has 106 valence electrons. The third-order valence-corrected chi connectivity index (χ3v) is 3.41. The van der Waals surface area contributed by atoms with Gasteiger partial charge in [0.25, 0.3) is 0 Å². The Morgan fingerprint density at radius 2 is 1.76 bits per heavy atom. The quantitative estimate of drug-likeness (QED) is 0.700. The lowest BCUT2D eigenvalue weighted by atomic mass is 10.2. The Bertz CT molecular complexity index is 866. The van der Waals surface area contributed by atoms with E-state index in [9.17, 15) is 9.90 Å². The summed E-state index contributed by atoms with van der Waals surface area (Å²) in [6, 6.07) is 10.4. The van der Waals surface area contributed by atoms with Crippen molar-refractivity contribution in [3.05, 3.63) is 62.9 Å². The molecule has 0 atom stereocenters. The van der Waals surface area contributed by atoms with Crippen molar-refractivity contribution >= 4 is 34.2 Å². The van der Waals surface area contributed by atoms with Gasteiger partial charge in [-0.05, 0) is 30.3 Å². The average Bonchev–Trinajstić information content (AvgIpc) is 2.43. The minimum atomic E-state index is -0.577. The number of aromatic hydroxyl groups is 1. The van der Waals surface area contributed by atoms with Crippen LogP contribution in [0.4, 0.5) is 0 Å². The van der Waals surface area contributed by atoms with E-state index in [1.165, 1.54) is 24.3 Å². The number of phenolic OH excluding ortho intramolecular Hbond substituents is 1. The highest BCUT2D eigenvalue weighted by Gasteiger charge is 2.13. The Kier molecular flexibility index (Phi) is 3.49. The summed E-state index contributed by atoms with van der Waals surface area (Å²) >= 11 is 12.1. The van der Waals surface area contributed by atoms with Crippen molar-refractivity contribution in [3.8, 4) is 17.2 Å². The zero-order valence-electron chi connectivity index (χ0n) is 10.5. The standard InChI is InChI=1S/C15H8Cl2O4/c16-10-2-1-3-11(17)15(10)21-13-7-14(19)20-12-5-4-8(18)6-9(12)13/h1-7,18H. The molecule has 4 nitrogen and oxygen atoms in total. The molecule has 2 aromatic carbocycles. The van der Waals surface area contributed by atoms with Crippen LogP contribution in [0.25, 0.3) is 11.0 Å². The number of hydrogen-bond acceptors (Lipinski definition) is 4. The van der Waals surface area contributed by atoms with Gasteiger partial charge in [-0.25, -0.2) is 4.79 Å². The van der Waals surface area contributed by atoms with Gasteiger partial charge in [-0.2, -0.15) is 0 Å². The van der Waals surface area contributed by atoms with E-state index in [2.05, 4.69) is 0 Å². The summed E-state index contributed by atoms with van der Waals surface area (Å²) in [7, 11) is 0. The normalized spacial score (nSPS) is 10.8. The summed E-state index contributed by atoms with van der Waals surface area (Å²) in [5.41, 5.74) is -0.287. The highest BCUT2D eigenvalue weighted by Crippen LogP contribution is 2.38. The molecule has 1 heterocycles. The largest absolute Gasteiger partial charge is 0.508 e. The summed E-state index contributed by atoms with van der Waals surface area (Å²) in [5, 5.41) is 10.6. The van der Waals surface area contributed by atoms with Crippen molar-refractivity contribution in [1.29, 1.82) is 0 Å². The molecule has 6 heteroatoms. The van der Waals surface area contributed by atoms with Crippen molar-refractivity contribution < 1.29 is 14.3 Å². The molecule has 1 aromatic heterocycles. The van der Waals surface area contributed by atoms with E-state index in [0.717, 1.165) is 0 Å². The maximum atomic E-state index is 11.6. The van der Waals surface area contributed by atoms with Crippen molar-refractivity contribution in [2.45, 2.75) is 0 Å². The highest BCUT2D eigenvalue weighted by molar-refractivity contribution is 6.37. The van der Waals surface area contributed by atoms with Gasteiger partial charge >= 0.3 is 5.63 Å². The fraction of sp³-hybridized carbons (Fsp3) is 0. The lowest BCUT2D eigenvalue weighted by molar-refractivity contribution is 0.466. The van der Waals surface area contributed by atoms with Gasteiger partial charge in [-0.3, -0.25) is 0 Å². The van der Waals surface area contributed by atoms with Gasteiger partial charge in [-0.1, -0.05) is 29.3 Å². The lowest BCUT2D eigenvalue weighted by Crippen LogP contribution is -1.99. The van der Waals surface area contributed by atoms with Gasteiger partial charge < -0.3 is 14.3 Å². The van der Waals surface area contributed by atoms with E-state index in [4.69, 9.17) is 32.4 Å². The Morgan fingerprint density at radius 1 is 1.05 bits per heavy atom. The summed E-state index contributed by atoms with van der Waals surface area (Å²) in [5.74, 6) is 0.453. The molecule has 0 unspecified atom stereocenters. The van der Waals surface area contributed by atoms with Gasteiger partial charge in [0.1, 0.15) is 17.1 Å². The minimum Gasteiger partial charge on any atom is -0.508 e. The molecule has 0 saturated carbocycles. The molecular formula is C15H8Cl2O4. The third kappa shape index (κ3) is 2.68. The van der Waals surface area contributed by atoms with Gasteiger partial charge in [0.2, 0.25) is 0 Å². The molecule has 0 fully saturated rings. The number of ether oxygens (including phenoxy) is 1. The monoisotopic (exact) mass is 322 g/mol. The van der Waals surface area contributed by atoms with E-state index in [0.29, 0.717) is 21.0 Å². The van der Waals surface area contributed by atoms with E-state index < -0.39 is 5.63 Å². The van der Waals surface area contributed by atoms with Crippen LogP contribution in [0.1, 0.15) is 0 Å². The number of rotatable bonds is 2. The number of halogens is 2. The van der Waals surface area contributed by atoms with Crippen LogP contribution in [0.2, 0.25) is 10.0 Å². The Labute approximate surface area is 129 Å². The van der Waals surface area contributed by atoms with Gasteiger partial charge in [0, 0.05) is 0 Å². The molecule has 3 rings (SSSR count). The van der Waals surface area contributed by atoms with E-state index in [-0.39, 0.29) is 17.2 Å². The molecule has 0 spiro atoms. The first-order chi connectivity index (χ1) is 10.0. The summed E-state index contributed by atoms with van der Waals surface area (Å²) in [6.07, 6.45) is 0. The van der Waals surface area contributed by atoms with Crippen LogP contribution in [0.5, 0.6) is 17.2 Å². The molecule has 0 aliphatic carbocycles. The van der Waals surface area contributed by atoms with Crippen LogP contribution in [0.15, 0.2) is 51.7 Å². The van der Waals surface area contributed by atoms with Crippen LogP contribution in [-0.4, -0.2) is 5.11 Å². The van der Waals surface area contributed by atoms with Crippen molar-refractivity contribution in [2.24, 2.45) is 0 Å². The second-order valence-electron chi connectivity index (χ2n) is 4.26. The molecule has 21 heavy (non-hydrogen) atoms. The Balaban J connectivity index is 2.20. The number of benzene rings is 2. The lowest BCUT2D eigenvalue weighted by Gasteiger charge is -2.11. The van der Waals surface area contributed by atoms with Gasteiger partial charge in [0.05, 0.1) is 21.5 Å². The van der Waals surface area contributed by atoms with Crippen molar-refractivity contribution in [3.63, 3.8) is 0 Å². The molecule has 0 radical (unpaired) electrons. The number of fused-ring (bicyclic) bond motifs is 1. The summed E-state index contributed by atoms with van der Waals surface area (Å²) in [4.78, 5) is 11.6. The molecule has 1 N–H and O–H groups in total. The average molecular weight is 323 g/mol. The first-order valence-electron chi connectivity index (χ1n) is 5.93. The van der Waals surface area contributed by atoms with Crippen LogP contribution in [-0.2, 0) is 0 Å². The maximum Gasteiger partial charge on any atom is 0.339 e. The highest BCUT2D eigenvalue weighted by atomic mass is 35.5. The van der Waals surface area contributed by atoms with E-state index in [1.807, 2.05) is 0 Å². The molecule has 0 aliphatic heterocycles. The number of phenols is 1. The van der Waals surface area contributed by atoms with Crippen molar-refractivity contribution in [1.82, 2.24) is 0 Å². The smallest absolute Gasteiger partial charge is 0.339 e. The first-order valence-corrected chi connectivity index (χ1v) is 6.69. The summed E-state index contributed by atoms with van der Waals surface area (Å²) in [6.45, 7) is 0. The topological polar surface area (TPSA) is 59.7 Å². The van der Waals surface area contributed by atoms with Crippen molar-refractivity contribution in [2.75, 3.05) is 0 Å². The van der Waals surface area contributed by atoms with Crippen LogP contribution in [0, 0.1) is 0 Å². The Hall–Kier alpha value is -2.17. The third-order valence-electron chi connectivity index (χ3n) is 2.82. The SMILES string of the molecule is O=c1cc(Oc2c(Cl)cccc2Cl)c2cc(O)ccc2o1. The Morgan fingerprint density at radius 3 is 2.48 bits per heavy atom. The van der Waals surface area contributed by atoms with E-state index in [1.54, 1.807) is 18.2 Å². The van der Waals surface area contributed by atoms with Crippen LogP contribution in [0.3, 0.4) is 0 Å². The second-order valence-corrected chi connectivity index (χ2v) is 5.08. The molecule has 0 aliphatic rings. The predicted molar refractivity (Wildman–Crippen MR) is 80.7 cm³/mol. The number of para-hydroxylation sites is 1. The molecule has 0 amide bonds. The fourth-order valence-corrected chi connectivity index (χ4v) is 2.37. The molecular weight excluding hydrogens is 315 g/mol. The maximum absolute atomic E-state index is 11.6. The van der Waals surface area contributed by atoms with E-state index >= 15 is 0 Å². The molecule has 3 aromatic rings. The zero-order valence-corrected chi connectivity index (χ0v) is 12.0. The molecule has 0 bridgehead atoms.